The Bertz CT molecular complexity index is 575. The Kier molecular flexibility index (Phi) is 11.6. The van der Waals surface area contributed by atoms with Gasteiger partial charge in [-0.2, -0.15) is 0 Å². The third-order valence-electron chi connectivity index (χ3n) is 4.99. The Balaban J connectivity index is 0.00000364. The maximum atomic E-state index is 6.11. The fraction of sp³-hybridized carbons (Fsp3) is 0.650. The number of nitrogens with one attached hydrogen (secondary N) is 1. The SMILES string of the molecule is CCNC(=NCC(C)N1CCN(CC)CC1)N(C)Cc1cccc(Cl)c1.I. The largest absolute Gasteiger partial charge is 0.357 e. The van der Waals surface area contributed by atoms with Crippen LogP contribution in [0.5, 0.6) is 0 Å². The topological polar surface area (TPSA) is 34.1 Å². The van der Waals surface area contributed by atoms with E-state index in [1.807, 2.05) is 18.2 Å². The highest BCUT2D eigenvalue weighted by Crippen LogP contribution is 2.12. The van der Waals surface area contributed by atoms with Gasteiger partial charge >= 0.3 is 0 Å². The van der Waals surface area contributed by atoms with Gasteiger partial charge in [0.1, 0.15) is 0 Å². The summed E-state index contributed by atoms with van der Waals surface area (Å²) in [6.07, 6.45) is 0. The second-order valence-corrected chi connectivity index (χ2v) is 7.44. The van der Waals surface area contributed by atoms with Crippen molar-refractivity contribution < 1.29 is 0 Å². The van der Waals surface area contributed by atoms with Crippen molar-refractivity contribution in [1.29, 1.82) is 0 Å². The van der Waals surface area contributed by atoms with Gasteiger partial charge < -0.3 is 15.1 Å². The van der Waals surface area contributed by atoms with E-state index in [2.05, 4.69) is 53.9 Å². The van der Waals surface area contributed by atoms with E-state index in [0.29, 0.717) is 6.04 Å². The molecule has 1 fully saturated rings. The quantitative estimate of drug-likeness (QED) is 0.349. The summed E-state index contributed by atoms with van der Waals surface area (Å²) >= 11 is 6.11. The van der Waals surface area contributed by atoms with E-state index >= 15 is 0 Å². The van der Waals surface area contributed by atoms with Crippen molar-refractivity contribution in [2.24, 2.45) is 4.99 Å². The zero-order valence-electron chi connectivity index (χ0n) is 17.1. The van der Waals surface area contributed by atoms with Gasteiger partial charge in [-0.05, 0) is 38.1 Å². The molecule has 0 radical (unpaired) electrons. The van der Waals surface area contributed by atoms with E-state index in [4.69, 9.17) is 16.6 Å². The number of rotatable bonds is 7. The number of halogens is 2. The fourth-order valence-electron chi connectivity index (χ4n) is 3.31. The first-order valence-electron chi connectivity index (χ1n) is 9.73. The molecule has 1 saturated heterocycles. The molecule has 1 aliphatic heterocycles. The molecule has 0 aromatic heterocycles. The number of piperazine rings is 1. The second kappa shape index (κ2) is 12.8. The second-order valence-electron chi connectivity index (χ2n) is 7.00. The minimum Gasteiger partial charge on any atom is -0.357 e. The lowest BCUT2D eigenvalue weighted by Crippen LogP contribution is -2.50. The molecule has 1 aromatic carbocycles. The number of hydrogen-bond acceptors (Lipinski definition) is 3. The summed E-state index contributed by atoms with van der Waals surface area (Å²) in [5, 5.41) is 4.18. The molecule has 0 aliphatic carbocycles. The Labute approximate surface area is 187 Å². The van der Waals surface area contributed by atoms with Gasteiger partial charge in [0.05, 0.1) is 6.54 Å². The summed E-state index contributed by atoms with van der Waals surface area (Å²) < 4.78 is 0. The highest BCUT2D eigenvalue weighted by molar-refractivity contribution is 14.0. The van der Waals surface area contributed by atoms with Gasteiger partial charge in [-0.25, -0.2) is 0 Å². The summed E-state index contributed by atoms with van der Waals surface area (Å²) in [6, 6.07) is 8.47. The van der Waals surface area contributed by atoms with Crippen molar-refractivity contribution in [2.75, 3.05) is 52.9 Å². The molecule has 1 heterocycles. The van der Waals surface area contributed by atoms with Gasteiger partial charge in [0, 0.05) is 57.4 Å². The van der Waals surface area contributed by atoms with Crippen molar-refractivity contribution in [3.63, 3.8) is 0 Å². The lowest BCUT2D eigenvalue weighted by Gasteiger charge is -2.37. The summed E-state index contributed by atoms with van der Waals surface area (Å²) in [7, 11) is 2.08. The van der Waals surface area contributed by atoms with Crippen LogP contribution in [0.3, 0.4) is 0 Å². The standard InChI is InChI=1S/C20H34ClN5.HI/c1-5-22-20(24(4)16-18-8-7-9-19(21)14-18)23-15-17(3)26-12-10-25(6-2)11-13-26;/h7-9,14,17H,5-6,10-13,15-16H2,1-4H3,(H,22,23);1H. The van der Waals surface area contributed by atoms with Gasteiger partial charge in [0.15, 0.2) is 5.96 Å². The van der Waals surface area contributed by atoms with Gasteiger partial charge in [-0.3, -0.25) is 9.89 Å². The van der Waals surface area contributed by atoms with Crippen molar-refractivity contribution >= 4 is 41.5 Å². The molecule has 1 aromatic rings. The summed E-state index contributed by atoms with van der Waals surface area (Å²) in [6.45, 7) is 14.9. The number of aliphatic imine (C=N–C) groups is 1. The van der Waals surface area contributed by atoms with Crippen molar-refractivity contribution in [2.45, 2.75) is 33.4 Å². The molecule has 1 atom stereocenters. The maximum absolute atomic E-state index is 6.11. The predicted molar refractivity (Wildman–Crippen MR) is 127 cm³/mol. The van der Waals surface area contributed by atoms with E-state index in [1.54, 1.807) is 0 Å². The maximum Gasteiger partial charge on any atom is 0.194 e. The van der Waals surface area contributed by atoms with Gasteiger partial charge in [-0.1, -0.05) is 30.7 Å². The van der Waals surface area contributed by atoms with Crippen LogP contribution in [-0.2, 0) is 6.54 Å². The summed E-state index contributed by atoms with van der Waals surface area (Å²) in [4.78, 5) is 12.1. The molecule has 0 bridgehead atoms. The number of nitrogens with zero attached hydrogens (tertiary/aromatic N) is 4. The van der Waals surface area contributed by atoms with Crippen LogP contribution in [0.4, 0.5) is 0 Å². The molecular formula is C20H35ClIN5. The van der Waals surface area contributed by atoms with E-state index in [1.165, 1.54) is 18.7 Å². The summed E-state index contributed by atoms with van der Waals surface area (Å²) in [5.74, 6) is 0.950. The Morgan fingerprint density at radius 2 is 1.96 bits per heavy atom. The average molecular weight is 508 g/mol. The number of hydrogen-bond donors (Lipinski definition) is 1. The lowest BCUT2D eigenvalue weighted by molar-refractivity contribution is 0.109. The summed E-state index contributed by atoms with van der Waals surface area (Å²) in [5.41, 5.74) is 1.19. The van der Waals surface area contributed by atoms with Gasteiger partial charge in [-0.15, -0.1) is 24.0 Å². The van der Waals surface area contributed by atoms with Crippen LogP contribution in [0.2, 0.25) is 5.02 Å². The molecule has 7 heteroatoms. The van der Waals surface area contributed by atoms with E-state index < -0.39 is 0 Å². The molecule has 27 heavy (non-hydrogen) atoms. The Morgan fingerprint density at radius 3 is 2.56 bits per heavy atom. The molecule has 0 spiro atoms. The van der Waals surface area contributed by atoms with E-state index in [-0.39, 0.29) is 24.0 Å². The first-order chi connectivity index (χ1) is 12.5. The third-order valence-corrected chi connectivity index (χ3v) is 5.22. The number of benzene rings is 1. The minimum atomic E-state index is 0. The third kappa shape index (κ3) is 8.13. The highest BCUT2D eigenvalue weighted by Gasteiger charge is 2.20. The molecular weight excluding hydrogens is 473 g/mol. The Morgan fingerprint density at radius 1 is 1.26 bits per heavy atom. The molecule has 0 saturated carbocycles. The normalized spacial score (nSPS) is 17.3. The molecule has 1 N–H and O–H groups in total. The van der Waals surface area contributed by atoms with Gasteiger partial charge in [0.2, 0.25) is 0 Å². The monoisotopic (exact) mass is 507 g/mol. The number of likely N-dealkylation sites (N-methyl/N-ethyl adjacent to an activating group) is 1. The zero-order chi connectivity index (χ0) is 18.9. The van der Waals surface area contributed by atoms with Gasteiger partial charge in [0.25, 0.3) is 0 Å². The number of guanidine groups is 1. The lowest BCUT2D eigenvalue weighted by atomic mass is 10.2. The van der Waals surface area contributed by atoms with Crippen molar-refractivity contribution in [3.8, 4) is 0 Å². The average Bonchev–Trinajstić information content (AvgIpc) is 2.64. The van der Waals surface area contributed by atoms with Crippen molar-refractivity contribution in [1.82, 2.24) is 20.0 Å². The van der Waals surface area contributed by atoms with Crippen molar-refractivity contribution in [3.05, 3.63) is 34.9 Å². The van der Waals surface area contributed by atoms with Crippen LogP contribution in [0.15, 0.2) is 29.3 Å². The van der Waals surface area contributed by atoms with Crippen LogP contribution >= 0.6 is 35.6 Å². The minimum absolute atomic E-state index is 0. The molecule has 0 amide bonds. The fourth-order valence-corrected chi connectivity index (χ4v) is 3.52. The first kappa shape index (κ1) is 24.5. The zero-order valence-corrected chi connectivity index (χ0v) is 20.2. The predicted octanol–water partition coefficient (Wildman–Crippen LogP) is 3.38. The van der Waals surface area contributed by atoms with Crippen LogP contribution in [0.25, 0.3) is 0 Å². The van der Waals surface area contributed by atoms with Crippen LogP contribution in [0, 0.1) is 0 Å². The molecule has 2 rings (SSSR count). The van der Waals surface area contributed by atoms with Crippen LogP contribution in [0.1, 0.15) is 26.3 Å². The molecule has 1 unspecified atom stereocenters. The smallest absolute Gasteiger partial charge is 0.194 e. The highest BCUT2D eigenvalue weighted by atomic mass is 127. The molecule has 5 nitrogen and oxygen atoms in total. The van der Waals surface area contributed by atoms with Crippen LogP contribution < -0.4 is 5.32 Å². The first-order valence-corrected chi connectivity index (χ1v) is 10.1. The van der Waals surface area contributed by atoms with E-state index in [9.17, 15) is 0 Å². The Hall–Kier alpha value is -0.570. The van der Waals surface area contributed by atoms with Crippen LogP contribution in [-0.4, -0.2) is 79.6 Å². The van der Waals surface area contributed by atoms with E-state index in [0.717, 1.165) is 50.3 Å². The molecule has 154 valence electrons. The molecule has 1 aliphatic rings.